The third-order valence-corrected chi connectivity index (χ3v) is 3.80. The fraction of sp³-hybridized carbons (Fsp3) is 0.286. The standard InChI is InChI=1S/C14H15N5OS/c1-3-5-11(20)15-13-18-19-12(16-17-14(19)21-13)10-7-4-6-9(2)8-10/h4,6-8H,3,5H2,1-2H3,(H,15,18,20). The van der Waals surface area contributed by atoms with Gasteiger partial charge in [-0.3, -0.25) is 4.79 Å². The molecule has 3 rings (SSSR count). The minimum Gasteiger partial charge on any atom is -0.301 e. The predicted molar refractivity (Wildman–Crippen MR) is 82.4 cm³/mol. The number of hydrogen-bond acceptors (Lipinski definition) is 5. The lowest BCUT2D eigenvalue weighted by Gasteiger charge is -1.99. The van der Waals surface area contributed by atoms with Crippen LogP contribution in [0.15, 0.2) is 24.3 Å². The van der Waals surface area contributed by atoms with Crippen molar-refractivity contribution in [3.63, 3.8) is 0 Å². The first kappa shape index (κ1) is 13.7. The van der Waals surface area contributed by atoms with E-state index in [1.807, 2.05) is 38.1 Å². The molecule has 2 aromatic heterocycles. The van der Waals surface area contributed by atoms with Gasteiger partial charge >= 0.3 is 0 Å². The van der Waals surface area contributed by atoms with Crippen LogP contribution in [0.4, 0.5) is 5.13 Å². The van der Waals surface area contributed by atoms with Gasteiger partial charge in [-0.15, -0.1) is 15.3 Å². The van der Waals surface area contributed by atoms with Gasteiger partial charge in [-0.05, 0) is 19.4 Å². The number of amides is 1. The maximum atomic E-state index is 11.6. The molecule has 21 heavy (non-hydrogen) atoms. The van der Waals surface area contributed by atoms with Crippen molar-refractivity contribution in [2.45, 2.75) is 26.7 Å². The molecule has 0 aliphatic carbocycles. The monoisotopic (exact) mass is 301 g/mol. The van der Waals surface area contributed by atoms with Crippen molar-refractivity contribution < 1.29 is 4.79 Å². The van der Waals surface area contributed by atoms with Gasteiger partial charge in [-0.25, -0.2) is 0 Å². The van der Waals surface area contributed by atoms with Crippen LogP contribution in [-0.2, 0) is 4.79 Å². The van der Waals surface area contributed by atoms with E-state index in [4.69, 9.17) is 0 Å². The van der Waals surface area contributed by atoms with Crippen LogP contribution in [0, 0.1) is 6.92 Å². The molecule has 2 heterocycles. The second kappa shape index (κ2) is 5.61. The minimum absolute atomic E-state index is 0.0282. The molecule has 1 amide bonds. The molecule has 0 saturated heterocycles. The smallest absolute Gasteiger partial charge is 0.236 e. The Morgan fingerprint density at radius 3 is 3.00 bits per heavy atom. The van der Waals surface area contributed by atoms with E-state index in [0.29, 0.717) is 22.3 Å². The highest BCUT2D eigenvalue weighted by atomic mass is 32.1. The molecular weight excluding hydrogens is 286 g/mol. The number of benzene rings is 1. The highest BCUT2D eigenvalue weighted by Gasteiger charge is 2.14. The van der Waals surface area contributed by atoms with E-state index in [1.54, 1.807) is 4.52 Å². The molecule has 1 aromatic carbocycles. The van der Waals surface area contributed by atoms with Gasteiger partial charge in [-0.2, -0.15) is 4.52 Å². The first-order valence-electron chi connectivity index (χ1n) is 6.76. The van der Waals surface area contributed by atoms with Gasteiger partial charge in [0.05, 0.1) is 0 Å². The summed E-state index contributed by atoms with van der Waals surface area (Å²) in [5, 5.41) is 16.0. The first-order chi connectivity index (χ1) is 10.2. The Balaban J connectivity index is 1.95. The van der Waals surface area contributed by atoms with Gasteiger partial charge < -0.3 is 5.32 Å². The highest BCUT2D eigenvalue weighted by Crippen LogP contribution is 2.24. The lowest BCUT2D eigenvalue weighted by Crippen LogP contribution is -2.10. The number of aromatic nitrogens is 4. The Morgan fingerprint density at radius 2 is 2.24 bits per heavy atom. The zero-order valence-corrected chi connectivity index (χ0v) is 12.6. The third-order valence-electron chi connectivity index (χ3n) is 2.99. The molecular formula is C14H15N5OS. The van der Waals surface area contributed by atoms with Crippen LogP contribution in [0.5, 0.6) is 0 Å². The van der Waals surface area contributed by atoms with Crippen molar-refractivity contribution in [1.29, 1.82) is 0 Å². The largest absolute Gasteiger partial charge is 0.301 e. The Kier molecular flexibility index (Phi) is 3.66. The maximum absolute atomic E-state index is 11.6. The van der Waals surface area contributed by atoms with Gasteiger partial charge in [0.15, 0.2) is 5.82 Å². The van der Waals surface area contributed by atoms with Crippen LogP contribution >= 0.6 is 11.3 Å². The number of nitrogens with zero attached hydrogens (tertiary/aromatic N) is 4. The number of aryl methyl sites for hydroxylation is 1. The summed E-state index contributed by atoms with van der Waals surface area (Å²) in [7, 11) is 0. The number of rotatable bonds is 4. The van der Waals surface area contributed by atoms with E-state index >= 15 is 0 Å². The van der Waals surface area contributed by atoms with Crippen LogP contribution in [0.25, 0.3) is 16.3 Å². The number of carbonyl (C=O) groups is 1. The van der Waals surface area contributed by atoms with Crippen LogP contribution in [0.1, 0.15) is 25.3 Å². The summed E-state index contributed by atoms with van der Waals surface area (Å²) in [4.78, 5) is 12.3. The van der Waals surface area contributed by atoms with E-state index in [9.17, 15) is 4.79 Å². The predicted octanol–water partition coefficient (Wildman–Crippen LogP) is 2.90. The summed E-state index contributed by atoms with van der Waals surface area (Å²) in [6.45, 7) is 3.99. The number of carbonyl (C=O) groups excluding carboxylic acids is 1. The van der Waals surface area contributed by atoms with Crippen LogP contribution in [0.2, 0.25) is 0 Å². The molecule has 108 valence electrons. The average molecular weight is 301 g/mol. The van der Waals surface area contributed by atoms with Crippen molar-refractivity contribution in [2.24, 2.45) is 0 Å². The topological polar surface area (TPSA) is 72.2 Å². The minimum atomic E-state index is -0.0282. The fourth-order valence-electron chi connectivity index (χ4n) is 2.04. The van der Waals surface area contributed by atoms with Gasteiger partial charge in [0.2, 0.25) is 16.0 Å². The molecule has 1 N–H and O–H groups in total. The molecule has 0 aliphatic rings. The Hall–Kier alpha value is -2.28. The summed E-state index contributed by atoms with van der Waals surface area (Å²) in [6.07, 6.45) is 1.30. The molecule has 7 heteroatoms. The number of anilines is 1. The maximum Gasteiger partial charge on any atom is 0.236 e. The zero-order valence-electron chi connectivity index (χ0n) is 11.8. The molecule has 0 bridgehead atoms. The van der Waals surface area contributed by atoms with Gasteiger partial charge in [0.25, 0.3) is 0 Å². The van der Waals surface area contributed by atoms with Gasteiger partial charge in [0, 0.05) is 12.0 Å². The first-order valence-corrected chi connectivity index (χ1v) is 7.58. The molecule has 0 spiro atoms. The van der Waals surface area contributed by atoms with Crippen molar-refractivity contribution in [3.05, 3.63) is 29.8 Å². The third kappa shape index (κ3) is 2.78. The van der Waals surface area contributed by atoms with Gasteiger partial charge in [-0.1, -0.05) is 42.0 Å². The average Bonchev–Trinajstić information content (AvgIpc) is 2.98. The summed E-state index contributed by atoms with van der Waals surface area (Å²) in [6, 6.07) is 8.00. The number of nitrogens with one attached hydrogen (secondary N) is 1. The van der Waals surface area contributed by atoms with Gasteiger partial charge in [0.1, 0.15) is 0 Å². The quantitative estimate of drug-likeness (QED) is 0.804. The molecule has 0 unspecified atom stereocenters. The number of hydrogen-bond donors (Lipinski definition) is 1. The SMILES string of the molecule is CCCC(=O)Nc1nn2c(-c3cccc(C)c3)nnc2s1. The molecule has 0 atom stereocenters. The fourth-order valence-corrected chi connectivity index (χ4v) is 2.80. The molecule has 3 aromatic rings. The van der Waals surface area contributed by atoms with E-state index in [-0.39, 0.29) is 5.91 Å². The Morgan fingerprint density at radius 1 is 1.38 bits per heavy atom. The van der Waals surface area contributed by atoms with E-state index in [2.05, 4.69) is 20.6 Å². The Bertz CT molecular complexity index is 792. The molecule has 6 nitrogen and oxygen atoms in total. The summed E-state index contributed by atoms with van der Waals surface area (Å²) >= 11 is 1.32. The molecule has 0 radical (unpaired) electrons. The lowest BCUT2D eigenvalue weighted by molar-refractivity contribution is -0.116. The second-order valence-corrected chi connectivity index (χ2v) is 5.75. The lowest BCUT2D eigenvalue weighted by atomic mass is 10.1. The van der Waals surface area contributed by atoms with Crippen LogP contribution in [-0.4, -0.2) is 25.7 Å². The van der Waals surface area contributed by atoms with Crippen molar-refractivity contribution in [1.82, 2.24) is 19.8 Å². The highest BCUT2D eigenvalue weighted by molar-refractivity contribution is 7.20. The Labute approximate surface area is 125 Å². The van der Waals surface area contributed by atoms with Crippen molar-refractivity contribution in [3.8, 4) is 11.4 Å². The van der Waals surface area contributed by atoms with E-state index in [1.165, 1.54) is 11.3 Å². The summed E-state index contributed by atoms with van der Waals surface area (Å²) < 4.78 is 1.67. The van der Waals surface area contributed by atoms with Crippen molar-refractivity contribution >= 4 is 27.3 Å². The van der Waals surface area contributed by atoms with E-state index < -0.39 is 0 Å². The van der Waals surface area contributed by atoms with Crippen LogP contribution < -0.4 is 5.32 Å². The second-order valence-electron chi connectivity index (χ2n) is 4.79. The number of fused-ring (bicyclic) bond motifs is 1. The normalized spacial score (nSPS) is 11.0. The van der Waals surface area contributed by atoms with Crippen LogP contribution in [0.3, 0.4) is 0 Å². The summed E-state index contributed by atoms with van der Waals surface area (Å²) in [5.41, 5.74) is 2.11. The van der Waals surface area contributed by atoms with E-state index in [0.717, 1.165) is 17.5 Å². The van der Waals surface area contributed by atoms with Crippen molar-refractivity contribution in [2.75, 3.05) is 5.32 Å². The molecule has 0 saturated carbocycles. The summed E-state index contributed by atoms with van der Waals surface area (Å²) in [5.74, 6) is 0.653. The zero-order chi connectivity index (χ0) is 14.8. The molecule has 0 fully saturated rings. The molecule has 0 aliphatic heterocycles.